The summed E-state index contributed by atoms with van der Waals surface area (Å²) >= 11 is 0. The van der Waals surface area contributed by atoms with Crippen molar-refractivity contribution in [3.63, 3.8) is 0 Å². The van der Waals surface area contributed by atoms with Crippen LogP contribution in [0.4, 0.5) is 0 Å². The van der Waals surface area contributed by atoms with Gasteiger partial charge in [-0.2, -0.15) is 0 Å². The molecule has 1 heterocycles. The molecule has 0 spiro atoms. The second-order valence-corrected chi connectivity index (χ2v) is 6.00. The lowest BCUT2D eigenvalue weighted by Gasteiger charge is -2.27. The summed E-state index contributed by atoms with van der Waals surface area (Å²) in [6, 6.07) is 18.2. The zero-order chi connectivity index (χ0) is 18.1. The lowest BCUT2D eigenvalue weighted by molar-refractivity contribution is 0.0587. The Morgan fingerprint density at radius 1 is 0.808 bits per heavy atom. The smallest absolute Gasteiger partial charge is 0.261 e. The minimum absolute atomic E-state index is 0.189. The van der Waals surface area contributed by atoms with Crippen molar-refractivity contribution in [1.82, 2.24) is 4.90 Å². The first kappa shape index (κ1) is 16.1. The van der Waals surface area contributed by atoms with Crippen molar-refractivity contribution >= 4 is 22.6 Å². The van der Waals surface area contributed by atoms with Gasteiger partial charge in [-0.25, -0.2) is 0 Å². The second kappa shape index (κ2) is 6.52. The first-order valence-electron chi connectivity index (χ1n) is 8.34. The number of benzene rings is 3. The van der Waals surface area contributed by atoms with Gasteiger partial charge in [0.1, 0.15) is 18.1 Å². The second-order valence-electron chi connectivity index (χ2n) is 6.00. The van der Waals surface area contributed by atoms with Gasteiger partial charge in [0.05, 0.1) is 13.7 Å². The van der Waals surface area contributed by atoms with Crippen LogP contribution in [-0.4, -0.2) is 37.0 Å². The van der Waals surface area contributed by atoms with E-state index in [2.05, 4.69) is 0 Å². The SMILES string of the molecule is COc1ccc(OCCN2C(=O)c3cccc4cccc(c34)C2=O)cc1. The highest BCUT2D eigenvalue weighted by molar-refractivity contribution is 6.25. The molecule has 0 atom stereocenters. The quantitative estimate of drug-likeness (QED) is 0.663. The van der Waals surface area contributed by atoms with Crippen LogP contribution in [0.3, 0.4) is 0 Å². The fourth-order valence-electron chi connectivity index (χ4n) is 3.21. The number of hydrogen-bond acceptors (Lipinski definition) is 4. The molecule has 0 unspecified atom stereocenters. The van der Waals surface area contributed by atoms with E-state index in [0.717, 1.165) is 16.5 Å². The normalized spacial score (nSPS) is 13.2. The molecule has 5 heteroatoms. The van der Waals surface area contributed by atoms with E-state index >= 15 is 0 Å². The summed E-state index contributed by atoms with van der Waals surface area (Å²) in [6.07, 6.45) is 0. The minimum atomic E-state index is -0.280. The van der Waals surface area contributed by atoms with Gasteiger partial charge < -0.3 is 9.47 Å². The lowest BCUT2D eigenvalue weighted by atomic mass is 9.94. The topological polar surface area (TPSA) is 55.8 Å². The van der Waals surface area contributed by atoms with Gasteiger partial charge >= 0.3 is 0 Å². The van der Waals surface area contributed by atoms with Crippen molar-refractivity contribution in [2.75, 3.05) is 20.3 Å². The molecule has 0 aromatic heterocycles. The van der Waals surface area contributed by atoms with E-state index in [0.29, 0.717) is 16.9 Å². The van der Waals surface area contributed by atoms with Crippen LogP contribution in [0.5, 0.6) is 11.5 Å². The molecule has 0 bridgehead atoms. The van der Waals surface area contributed by atoms with Gasteiger partial charge in [0, 0.05) is 16.5 Å². The molecule has 2 amide bonds. The Kier molecular flexibility index (Phi) is 4.05. The van der Waals surface area contributed by atoms with E-state index in [-0.39, 0.29) is 25.0 Å². The summed E-state index contributed by atoms with van der Waals surface area (Å²) in [5, 5.41) is 1.63. The molecule has 26 heavy (non-hydrogen) atoms. The zero-order valence-electron chi connectivity index (χ0n) is 14.3. The number of methoxy groups -OCH3 is 1. The van der Waals surface area contributed by atoms with Crippen molar-refractivity contribution < 1.29 is 19.1 Å². The molecular formula is C21H17NO4. The summed E-state index contributed by atoms with van der Waals surface area (Å²) in [4.78, 5) is 26.8. The van der Waals surface area contributed by atoms with Crippen LogP contribution in [0.1, 0.15) is 20.7 Å². The molecule has 130 valence electrons. The summed E-state index contributed by atoms with van der Waals surface area (Å²) in [7, 11) is 1.60. The Morgan fingerprint density at radius 2 is 1.38 bits per heavy atom. The van der Waals surface area contributed by atoms with Gasteiger partial charge in [0.15, 0.2) is 0 Å². The molecule has 4 rings (SSSR count). The molecule has 0 saturated heterocycles. The Labute approximate surface area is 150 Å². The zero-order valence-corrected chi connectivity index (χ0v) is 14.3. The van der Waals surface area contributed by atoms with E-state index in [9.17, 15) is 9.59 Å². The standard InChI is InChI=1S/C21H17NO4/c1-25-15-8-10-16(11-9-15)26-13-12-22-20(23)17-6-2-4-14-5-3-7-18(19(14)17)21(22)24/h2-11H,12-13H2,1H3. The number of hydrogen-bond donors (Lipinski definition) is 0. The van der Waals surface area contributed by atoms with Crippen LogP contribution >= 0.6 is 0 Å². The van der Waals surface area contributed by atoms with Gasteiger partial charge in [-0.3, -0.25) is 14.5 Å². The summed E-state index contributed by atoms with van der Waals surface area (Å²) < 4.78 is 10.8. The Morgan fingerprint density at radius 3 is 1.96 bits per heavy atom. The van der Waals surface area contributed by atoms with E-state index < -0.39 is 0 Å². The third kappa shape index (κ3) is 2.67. The predicted octanol–water partition coefficient (Wildman–Crippen LogP) is 3.52. The molecule has 0 N–H and O–H groups in total. The number of nitrogens with zero attached hydrogens (tertiary/aromatic N) is 1. The summed E-state index contributed by atoms with van der Waals surface area (Å²) in [5.41, 5.74) is 1.12. The number of ether oxygens (including phenoxy) is 2. The highest BCUT2D eigenvalue weighted by atomic mass is 16.5. The molecule has 3 aromatic rings. The van der Waals surface area contributed by atoms with Crippen LogP contribution in [0.15, 0.2) is 60.7 Å². The Balaban J connectivity index is 1.53. The van der Waals surface area contributed by atoms with Gasteiger partial charge in [0.25, 0.3) is 11.8 Å². The van der Waals surface area contributed by atoms with Crippen molar-refractivity contribution in [3.05, 3.63) is 71.8 Å². The van der Waals surface area contributed by atoms with Crippen LogP contribution in [0.25, 0.3) is 10.8 Å². The molecule has 3 aromatic carbocycles. The average Bonchev–Trinajstić information content (AvgIpc) is 2.69. The Hall–Kier alpha value is -3.34. The number of carbonyl (C=O) groups is 2. The van der Waals surface area contributed by atoms with Crippen molar-refractivity contribution in [1.29, 1.82) is 0 Å². The molecule has 0 aliphatic carbocycles. The van der Waals surface area contributed by atoms with E-state index in [4.69, 9.17) is 9.47 Å². The number of carbonyl (C=O) groups excluding carboxylic acids is 2. The largest absolute Gasteiger partial charge is 0.497 e. The van der Waals surface area contributed by atoms with Gasteiger partial charge in [-0.15, -0.1) is 0 Å². The maximum absolute atomic E-state index is 12.8. The van der Waals surface area contributed by atoms with Crippen LogP contribution in [0, 0.1) is 0 Å². The lowest BCUT2D eigenvalue weighted by Crippen LogP contribution is -2.42. The highest BCUT2D eigenvalue weighted by Gasteiger charge is 2.32. The number of amides is 2. The van der Waals surface area contributed by atoms with E-state index in [1.54, 1.807) is 43.5 Å². The predicted molar refractivity (Wildman–Crippen MR) is 97.8 cm³/mol. The van der Waals surface area contributed by atoms with E-state index in [1.165, 1.54) is 4.90 Å². The third-order valence-electron chi connectivity index (χ3n) is 4.50. The average molecular weight is 347 g/mol. The van der Waals surface area contributed by atoms with Crippen molar-refractivity contribution in [2.45, 2.75) is 0 Å². The summed E-state index contributed by atoms with van der Waals surface area (Å²) in [5.74, 6) is 0.837. The van der Waals surface area contributed by atoms with E-state index in [1.807, 2.05) is 24.3 Å². The fraction of sp³-hybridized carbons (Fsp3) is 0.143. The maximum Gasteiger partial charge on any atom is 0.261 e. The van der Waals surface area contributed by atoms with Gasteiger partial charge in [0.2, 0.25) is 0 Å². The maximum atomic E-state index is 12.8. The van der Waals surface area contributed by atoms with Crippen LogP contribution in [0.2, 0.25) is 0 Å². The molecular weight excluding hydrogens is 330 g/mol. The highest BCUT2D eigenvalue weighted by Crippen LogP contribution is 2.29. The van der Waals surface area contributed by atoms with Gasteiger partial charge in [-0.1, -0.05) is 24.3 Å². The molecule has 1 aliphatic rings. The number of imide groups is 1. The number of rotatable bonds is 5. The summed E-state index contributed by atoms with van der Waals surface area (Å²) in [6.45, 7) is 0.413. The van der Waals surface area contributed by atoms with Crippen molar-refractivity contribution in [2.24, 2.45) is 0 Å². The third-order valence-corrected chi connectivity index (χ3v) is 4.50. The monoisotopic (exact) mass is 347 g/mol. The Bertz CT molecular complexity index is 944. The van der Waals surface area contributed by atoms with Gasteiger partial charge in [-0.05, 0) is 41.8 Å². The molecule has 0 saturated carbocycles. The first-order valence-corrected chi connectivity index (χ1v) is 8.34. The molecule has 0 radical (unpaired) electrons. The fourth-order valence-corrected chi connectivity index (χ4v) is 3.21. The first-order chi connectivity index (χ1) is 12.7. The minimum Gasteiger partial charge on any atom is -0.497 e. The molecule has 5 nitrogen and oxygen atoms in total. The molecule has 0 fully saturated rings. The van der Waals surface area contributed by atoms with Crippen LogP contribution in [-0.2, 0) is 0 Å². The molecule has 1 aliphatic heterocycles. The van der Waals surface area contributed by atoms with Crippen molar-refractivity contribution in [3.8, 4) is 11.5 Å². The van der Waals surface area contributed by atoms with Crippen LogP contribution < -0.4 is 9.47 Å².